The maximum absolute atomic E-state index is 12.5. The number of rotatable bonds is 3. The Labute approximate surface area is 132 Å². The Kier molecular flexibility index (Phi) is 3.89. The van der Waals surface area contributed by atoms with Gasteiger partial charge in [0.1, 0.15) is 12.7 Å². The first-order valence-corrected chi connectivity index (χ1v) is 7.04. The van der Waals surface area contributed by atoms with Crippen LogP contribution in [0.25, 0.3) is 5.69 Å². The average molecular weight is 313 g/mol. The Hall–Kier alpha value is -2.66. The molecule has 0 aliphatic heterocycles. The van der Waals surface area contributed by atoms with Crippen molar-refractivity contribution in [3.63, 3.8) is 0 Å². The molecule has 1 N–H and O–H groups in total. The van der Waals surface area contributed by atoms with Gasteiger partial charge in [-0.3, -0.25) is 4.79 Å². The van der Waals surface area contributed by atoms with Gasteiger partial charge < -0.3 is 5.32 Å². The Bertz CT molecular complexity index is 815. The molecule has 0 saturated carbocycles. The first kappa shape index (κ1) is 14.3. The number of anilines is 1. The molecule has 0 bridgehead atoms. The first-order chi connectivity index (χ1) is 10.6. The van der Waals surface area contributed by atoms with E-state index in [0.717, 1.165) is 5.56 Å². The summed E-state index contributed by atoms with van der Waals surface area (Å²) < 4.78 is 1.57. The molecule has 0 aliphatic rings. The highest BCUT2D eigenvalue weighted by molar-refractivity contribution is 6.31. The number of nitrogens with zero attached hydrogens (tertiary/aromatic N) is 3. The summed E-state index contributed by atoms with van der Waals surface area (Å²) in [5.41, 5.74) is 2.80. The number of halogens is 1. The Morgan fingerprint density at radius 3 is 2.77 bits per heavy atom. The molecule has 0 saturated heterocycles. The van der Waals surface area contributed by atoms with Crippen molar-refractivity contribution in [1.29, 1.82) is 0 Å². The van der Waals surface area contributed by atoms with Gasteiger partial charge in [0.15, 0.2) is 0 Å². The number of hydrogen-bond donors (Lipinski definition) is 1. The van der Waals surface area contributed by atoms with Crippen molar-refractivity contribution in [2.45, 2.75) is 6.92 Å². The van der Waals surface area contributed by atoms with Crippen LogP contribution in [0.1, 0.15) is 15.9 Å². The molecule has 1 aromatic heterocycles. The van der Waals surface area contributed by atoms with Crippen molar-refractivity contribution in [2.75, 3.05) is 5.32 Å². The lowest BCUT2D eigenvalue weighted by molar-refractivity contribution is 0.102. The minimum Gasteiger partial charge on any atom is -0.320 e. The minimum absolute atomic E-state index is 0.193. The maximum atomic E-state index is 12.5. The van der Waals surface area contributed by atoms with E-state index in [2.05, 4.69) is 15.4 Å². The summed E-state index contributed by atoms with van der Waals surface area (Å²) in [4.78, 5) is 16.4. The molecule has 22 heavy (non-hydrogen) atoms. The number of hydrogen-bond acceptors (Lipinski definition) is 3. The summed E-state index contributed by atoms with van der Waals surface area (Å²) in [6.45, 7) is 1.89. The van der Waals surface area contributed by atoms with Crippen LogP contribution in [-0.4, -0.2) is 20.7 Å². The summed E-state index contributed by atoms with van der Waals surface area (Å²) >= 11 is 6.04. The van der Waals surface area contributed by atoms with E-state index in [1.807, 2.05) is 25.1 Å². The molecule has 0 aliphatic carbocycles. The van der Waals surface area contributed by atoms with E-state index < -0.39 is 0 Å². The van der Waals surface area contributed by atoms with Crippen LogP contribution in [0, 0.1) is 6.92 Å². The van der Waals surface area contributed by atoms with Gasteiger partial charge in [-0.1, -0.05) is 29.8 Å². The number of carbonyl (C=O) groups excluding carboxylic acids is 1. The van der Waals surface area contributed by atoms with Crippen LogP contribution in [0.2, 0.25) is 5.02 Å². The van der Waals surface area contributed by atoms with Gasteiger partial charge in [0, 0.05) is 10.6 Å². The third-order valence-electron chi connectivity index (χ3n) is 3.26. The molecule has 0 spiro atoms. The second kappa shape index (κ2) is 5.99. The van der Waals surface area contributed by atoms with E-state index >= 15 is 0 Å². The van der Waals surface area contributed by atoms with Crippen molar-refractivity contribution < 1.29 is 4.79 Å². The summed E-state index contributed by atoms with van der Waals surface area (Å²) in [5.74, 6) is -0.193. The van der Waals surface area contributed by atoms with Gasteiger partial charge in [-0.05, 0) is 36.8 Å². The quantitative estimate of drug-likeness (QED) is 0.805. The zero-order chi connectivity index (χ0) is 15.5. The number of carbonyl (C=O) groups is 1. The van der Waals surface area contributed by atoms with E-state index in [1.165, 1.54) is 6.33 Å². The predicted octanol–water partition coefficient (Wildman–Crippen LogP) is 3.48. The second-order valence-corrected chi connectivity index (χ2v) is 5.21. The van der Waals surface area contributed by atoms with Crippen molar-refractivity contribution in [3.8, 4) is 5.69 Å². The standard InChI is InChI=1S/C16H13ClN4O/c1-11-4-2-3-5-13(11)16(22)20-14-8-12(17)6-7-15(14)21-10-18-9-19-21/h2-10H,1H3,(H,20,22). The third-order valence-corrected chi connectivity index (χ3v) is 3.50. The van der Waals surface area contributed by atoms with Gasteiger partial charge in [0.05, 0.1) is 11.4 Å². The first-order valence-electron chi connectivity index (χ1n) is 6.66. The molecule has 0 radical (unpaired) electrons. The van der Waals surface area contributed by atoms with Crippen molar-refractivity contribution in [1.82, 2.24) is 14.8 Å². The zero-order valence-corrected chi connectivity index (χ0v) is 12.6. The average Bonchev–Trinajstić information content (AvgIpc) is 3.02. The summed E-state index contributed by atoms with van der Waals surface area (Å²) in [7, 11) is 0. The van der Waals surface area contributed by atoms with Crippen molar-refractivity contribution in [2.24, 2.45) is 0 Å². The molecule has 0 atom stereocenters. The van der Waals surface area contributed by atoms with Gasteiger partial charge in [0.25, 0.3) is 5.91 Å². The van der Waals surface area contributed by atoms with E-state index in [9.17, 15) is 4.79 Å². The molecule has 3 aromatic rings. The zero-order valence-electron chi connectivity index (χ0n) is 11.8. The lowest BCUT2D eigenvalue weighted by Gasteiger charge is -2.12. The monoisotopic (exact) mass is 312 g/mol. The van der Waals surface area contributed by atoms with E-state index in [-0.39, 0.29) is 5.91 Å². The molecule has 0 unspecified atom stereocenters. The molecule has 3 rings (SSSR count). The van der Waals surface area contributed by atoms with Gasteiger partial charge in [0.2, 0.25) is 0 Å². The number of aryl methyl sites for hydroxylation is 1. The lowest BCUT2D eigenvalue weighted by Crippen LogP contribution is -2.15. The summed E-state index contributed by atoms with van der Waals surface area (Å²) in [6, 6.07) is 12.6. The number of benzene rings is 2. The van der Waals surface area contributed by atoms with Crippen LogP contribution >= 0.6 is 11.6 Å². The van der Waals surface area contributed by atoms with Gasteiger partial charge >= 0.3 is 0 Å². The molecule has 5 nitrogen and oxygen atoms in total. The normalized spacial score (nSPS) is 10.5. The Balaban J connectivity index is 1.97. The molecular weight excluding hydrogens is 300 g/mol. The molecular formula is C16H13ClN4O. The molecule has 6 heteroatoms. The fourth-order valence-electron chi connectivity index (χ4n) is 2.16. The molecule has 1 amide bonds. The minimum atomic E-state index is -0.193. The van der Waals surface area contributed by atoms with Crippen LogP contribution < -0.4 is 5.32 Å². The fourth-order valence-corrected chi connectivity index (χ4v) is 2.33. The molecule has 1 heterocycles. The smallest absolute Gasteiger partial charge is 0.255 e. The van der Waals surface area contributed by atoms with E-state index in [0.29, 0.717) is 22.0 Å². The van der Waals surface area contributed by atoms with Crippen LogP contribution in [0.4, 0.5) is 5.69 Å². The van der Waals surface area contributed by atoms with Crippen molar-refractivity contribution in [3.05, 3.63) is 71.3 Å². The van der Waals surface area contributed by atoms with Crippen molar-refractivity contribution >= 4 is 23.2 Å². The molecule has 2 aromatic carbocycles. The largest absolute Gasteiger partial charge is 0.320 e. The van der Waals surface area contributed by atoms with Crippen LogP contribution in [0.15, 0.2) is 55.1 Å². The molecule has 0 fully saturated rings. The highest BCUT2D eigenvalue weighted by Crippen LogP contribution is 2.24. The summed E-state index contributed by atoms with van der Waals surface area (Å²) in [6.07, 6.45) is 2.99. The Morgan fingerprint density at radius 2 is 2.05 bits per heavy atom. The topological polar surface area (TPSA) is 59.8 Å². The maximum Gasteiger partial charge on any atom is 0.255 e. The van der Waals surface area contributed by atoms with Gasteiger partial charge in [-0.25, -0.2) is 9.67 Å². The molecule has 110 valence electrons. The summed E-state index contributed by atoms with van der Waals surface area (Å²) in [5, 5.41) is 7.50. The van der Waals surface area contributed by atoms with Crippen LogP contribution in [0.5, 0.6) is 0 Å². The van der Waals surface area contributed by atoms with E-state index in [4.69, 9.17) is 11.6 Å². The third kappa shape index (κ3) is 2.84. The number of nitrogens with one attached hydrogen (secondary N) is 1. The predicted molar refractivity (Wildman–Crippen MR) is 85.5 cm³/mol. The number of amides is 1. The fraction of sp³-hybridized carbons (Fsp3) is 0.0625. The van der Waals surface area contributed by atoms with Crippen LogP contribution in [0.3, 0.4) is 0 Å². The van der Waals surface area contributed by atoms with Gasteiger partial charge in [-0.2, -0.15) is 5.10 Å². The van der Waals surface area contributed by atoms with Gasteiger partial charge in [-0.15, -0.1) is 0 Å². The highest BCUT2D eigenvalue weighted by Gasteiger charge is 2.13. The SMILES string of the molecule is Cc1ccccc1C(=O)Nc1cc(Cl)ccc1-n1cncn1. The lowest BCUT2D eigenvalue weighted by atomic mass is 10.1. The second-order valence-electron chi connectivity index (χ2n) is 4.77. The highest BCUT2D eigenvalue weighted by atomic mass is 35.5. The van der Waals surface area contributed by atoms with E-state index in [1.54, 1.807) is 35.3 Å². The number of aromatic nitrogens is 3. The van der Waals surface area contributed by atoms with Crippen LogP contribution in [-0.2, 0) is 0 Å². The Morgan fingerprint density at radius 1 is 1.23 bits per heavy atom.